The molecule has 0 radical (unpaired) electrons. The van der Waals surface area contributed by atoms with E-state index in [1.54, 1.807) is 4.90 Å². The van der Waals surface area contributed by atoms with Gasteiger partial charge in [-0.05, 0) is 106 Å². The van der Waals surface area contributed by atoms with Crippen LogP contribution in [0, 0.1) is 5.82 Å². The van der Waals surface area contributed by atoms with Crippen molar-refractivity contribution in [3.63, 3.8) is 0 Å². The van der Waals surface area contributed by atoms with Crippen molar-refractivity contribution in [3.05, 3.63) is 59.4 Å². The molecule has 0 unspecified atom stereocenters. The van der Waals surface area contributed by atoms with Gasteiger partial charge in [0, 0.05) is 31.0 Å². The van der Waals surface area contributed by atoms with Gasteiger partial charge in [-0.2, -0.15) is 13.2 Å². The molecule has 1 heterocycles. The highest BCUT2D eigenvalue weighted by Crippen LogP contribution is 2.36. The first-order valence-electron chi connectivity index (χ1n) is 13.2. The number of hydrogen-bond donors (Lipinski definition) is 2. The summed E-state index contributed by atoms with van der Waals surface area (Å²) >= 11 is 0. The van der Waals surface area contributed by atoms with E-state index in [9.17, 15) is 22.4 Å². The van der Waals surface area contributed by atoms with Crippen molar-refractivity contribution in [2.75, 3.05) is 43.9 Å². The highest BCUT2D eigenvalue weighted by atomic mass is 19.4. The SMILES string of the molecule is CNc1cccc(C2CCC(N(CCCN3CCCC3)C(=O)Nc3ccc(F)c(C(F)(F)F)c3)CC2)c1. The van der Waals surface area contributed by atoms with Gasteiger partial charge in [-0.25, -0.2) is 9.18 Å². The summed E-state index contributed by atoms with van der Waals surface area (Å²) in [6, 6.07) is 10.5. The molecule has 5 nitrogen and oxygen atoms in total. The fourth-order valence-corrected chi connectivity index (χ4v) is 5.61. The second-order valence-corrected chi connectivity index (χ2v) is 10.1. The average molecular weight is 521 g/mol. The molecule has 2 N–H and O–H groups in total. The van der Waals surface area contributed by atoms with Crippen molar-refractivity contribution in [3.8, 4) is 0 Å². The molecule has 0 atom stereocenters. The number of carbonyl (C=O) groups excluding carboxylic acids is 1. The lowest BCUT2D eigenvalue weighted by Crippen LogP contribution is -2.45. The summed E-state index contributed by atoms with van der Waals surface area (Å²) < 4.78 is 53.3. The molecule has 2 amide bonds. The number of benzene rings is 2. The van der Waals surface area contributed by atoms with E-state index < -0.39 is 23.6 Å². The van der Waals surface area contributed by atoms with Gasteiger partial charge in [-0.15, -0.1) is 0 Å². The summed E-state index contributed by atoms with van der Waals surface area (Å²) in [6.07, 6.45) is 1.86. The zero-order chi connectivity index (χ0) is 26.4. The maximum Gasteiger partial charge on any atom is 0.419 e. The van der Waals surface area contributed by atoms with Crippen molar-refractivity contribution in [1.82, 2.24) is 9.80 Å². The van der Waals surface area contributed by atoms with Crippen LogP contribution in [0.5, 0.6) is 0 Å². The molecule has 9 heteroatoms. The maximum atomic E-state index is 13.7. The number of amides is 2. The van der Waals surface area contributed by atoms with Crippen LogP contribution in [0.25, 0.3) is 0 Å². The van der Waals surface area contributed by atoms with Gasteiger partial charge in [0.1, 0.15) is 5.82 Å². The highest BCUT2D eigenvalue weighted by molar-refractivity contribution is 5.89. The predicted molar refractivity (Wildman–Crippen MR) is 138 cm³/mol. The van der Waals surface area contributed by atoms with Gasteiger partial charge < -0.3 is 20.4 Å². The third-order valence-electron chi connectivity index (χ3n) is 7.64. The number of nitrogens with zero attached hydrogens (tertiary/aromatic N) is 2. The van der Waals surface area contributed by atoms with Crippen LogP contribution in [-0.4, -0.2) is 55.1 Å². The number of hydrogen-bond acceptors (Lipinski definition) is 3. The topological polar surface area (TPSA) is 47.6 Å². The van der Waals surface area contributed by atoms with E-state index in [1.165, 1.54) is 24.5 Å². The Morgan fingerprint density at radius 1 is 1.03 bits per heavy atom. The number of alkyl halides is 3. The van der Waals surface area contributed by atoms with E-state index in [0.29, 0.717) is 18.5 Å². The van der Waals surface area contributed by atoms with E-state index >= 15 is 0 Å². The lowest BCUT2D eigenvalue weighted by atomic mass is 9.81. The second kappa shape index (κ2) is 12.2. The second-order valence-electron chi connectivity index (χ2n) is 10.1. The number of rotatable bonds is 8. The molecule has 0 bridgehead atoms. The molecule has 2 aromatic carbocycles. The Balaban J connectivity index is 1.44. The summed E-state index contributed by atoms with van der Waals surface area (Å²) in [5.74, 6) is -0.945. The number of urea groups is 1. The molecule has 2 fully saturated rings. The Morgan fingerprint density at radius 2 is 1.76 bits per heavy atom. The van der Waals surface area contributed by atoms with Crippen LogP contribution in [0.4, 0.5) is 33.7 Å². The van der Waals surface area contributed by atoms with Crippen molar-refractivity contribution in [2.24, 2.45) is 0 Å². The molecule has 1 aliphatic carbocycles. The fraction of sp³-hybridized carbons (Fsp3) is 0.536. The van der Waals surface area contributed by atoms with Crippen molar-refractivity contribution < 1.29 is 22.4 Å². The maximum absolute atomic E-state index is 13.7. The molecular weight excluding hydrogens is 484 g/mol. The quantitative estimate of drug-likeness (QED) is 0.371. The van der Waals surface area contributed by atoms with Gasteiger partial charge in [0.2, 0.25) is 0 Å². The van der Waals surface area contributed by atoms with Gasteiger partial charge in [-0.3, -0.25) is 0 Å². The van der Waals surface area contributed by atoms with E-state index in [0.717, 1.165) is 63.5 Å². The van der Waals surface area contributed by atoms with Gasteiger partial charge in [-0.1, -0.05) is 12.1 Å². The molecule has 2 aromatic rings. The van der Waals surface area contributed by atoms with Crippen LogP contribution < -0.4 is 10.6 Å². The van der Waals surface area contributed by atoms with Crippen molar-refractivity contribution >= 4 is 17.4 Å². The standard InChI is InChI=1S/C28H36F4N4O/c1-33-22-7-4-6-21(18-22)20-8-11-24(12-9-20)36(17-5-16-35-14-2-3-15-35)27(37)34-23-10-13-26(29)25(19-23)28(30,31)32/h4,6-7,10,13,18-20,24,33H,2-3,5,8-9,11-12,14-17H2,1H3,(H,34,37). The monoisotopic (exact) mass is 520 g/mol. The fourth-order valence-electron chi connectivity index (χ4n) is 5.61. The molecule has 202 valence electrons. The summed E-state index contributed by atoms with van der Waals surface area (Å²) in [5, 5.41) is 5.79. The first kappa shape index (κ1) is 27.2. The summed E-state index contributed by atoms with van der Waals surface area (Å²) in [7, 11) is 1.90. The van der Waals surface area contributed by atoms with Crippen LogP contribution in [0.1, 0.15) is 62.0 Å². The Hall–Kier alpha value is -2.81. The third kappa shape index (κ3) is 7.15. The zero-order valence-corrected chi connectivity index (χ0v) is 21.3. The minimum absolute atomic E-state index is 0.00449. The molecule has 0 aromatic heterocycles. The third-order valence-corrected chi connectivity index (χ3v) is 7.64. The van der Waals surface area contributed by atoms with Crippen LogP contribution >= 0.6 is 0 Å². The zero-order valence-electron chi connectivity index (χ0n) is 21.3. The first-order valence-corrected chi connectivity index (χ1v) is 13.2. The summed E-state index contributed by atoms with van der Waals surface area (Å²) in [5.41, 5.74) is 0.914. The molecule has 1 saturated carbocycles. The smallest absolute Gasteiger partial charge is 0.388 e. The predicted octanol–water partition coefficient (Wildman–Crippen LogP) is 6.93. The highest BCUT2D eigenvalue weighted by Gasteiger charge is 2.35. The van der Waals surface area contributed by atoms with Crippen LogP contribution in [-0.2, 0) is 6.18 Å². The summed E-state index contributed by atoms with van der Waals surface area (Å²) in [4.78, 5) is 17.5. The Bertz CT molecular complexity index is 1050. The van der Waals surface area contributed by atoms with Crippen LogP contribution in [0.3, 0.4) is 0 Å². The van der Waals surface area contributed by atoms with E-state index in [1.807, 2.05) is 19.2 Å². The normalized spacial score (nSPS) is 20.6. The first-order chi connectivity index (χ1) is 17.7. The molecular formula is C28H36F4N4O. The minimum atomic E-state index is -4.83. The van der Waals surface area contributed by atoms with Crippen molar-refractivity contribution in [1.29, 1.82) is 0 Å². The van der Waals surface area contributed by atoms with Gasteiger partial charge in [0.15, 0.2) is 0 Å². The van der Waals surface area contributed by atoms with Gasteiger partial charge in [0.05, 0.1) is 5.56 Å². The lowest BCUT2D eigenvalue weighted by Gasteiger charge is -2.37. The van der Waals surface area contributed by atoms with Gasteiger partial charge >= 0.3 is 12.2 Å². The number of carbonyl (C=O) groups is 1. The molecule has 2 aliphatic rings. The minimum Gasteiger partial charge on any atom is -0.388 e. The number of anilines is 2. The molecule has 1 saturated heterocycles. The molecule has 1 aliphatic heterocycles. The lowest BCUT2D eigenvalue weighted by molar-refractivity contribution is -0.139. The van der Waals surface area contributed by atoms with E-state index in [-0.39, 0.29) is 11.7 Å². The largest absolute Gasteiger partial charge is 0.419 e. The molecule has 0 spiro atoms. The number of halogens is 4. The summed E-state index contributed by atoms with van der Waals surface area (Å²) in [6.45, 7) is 3.56. The Morgan fingerprint density at radius 3 is 2.43 bits per heavy atom. The van der Waals surface area contributed by atoms with Crippen molar-refractivity contribution in [2.45, 2.75) is 63.1 Å². The van der Waals surface area contributed by atoms with Gasteiger partial charge in [0.25, 0.3) is 0 Å². The number of likely N-dealkylation sites (tertiary alicyclic amines) is 1. The number of nitrogens with one attached hydrogen (secondary N) is 2. The van der Waals surface area contributed by atoms with Crippen LogP contribution in [0.2, 0.25) is 0 Å². The van der Waals surface area contributed by atoms with E-state index in [4.69, 9.17) is 0 Å². The Kier molecular flexibility index (Phi) is 8.95. The molecule has 37 heavy (non-hydrogen) atoms. The molecule has 4 rings (SSSR count). The van der Waals surface area contributed by atoms with Crippen LogP contribution in [0.15, 0.2) is 42.5 Å². The Labute approximate surface area is 216 Å². The van der Waals surface area contributed by atoms with E-state index in [2.05, 4.69) is 27.7 Å². The average Bonchev–Trinajstić information content (AvgIpc) is 3.41.